The lowest BCUT2D eigenvalue weighted by atomic mass is 10.1. The summed E-state index contributed by atoms with van der Waals surface area (Å²) < 4.78 is 29.2. The summed E-state index contributed by atoms with van der Waals surface area (Å²) in [5, 5.41) is 5.18. The standard InChI is InChI=1S/C16H16INO4S/c17-13-9-5-4-8-12(13)15-14(10-20-23(18)19)21-16(22-15)11-6-2-1-3-7-11/h1-9,14-16H,10,18H2/t14-,15-,16?,23?/m0/s1. The van der Waals surface area contributed by atoms with Gasteiger partial charge in [-0.2, -0.15) is 0 Å². The van der Waals surface area contributed by atoms with Gasteiger partial charge >= 0.3 is 0 Å². The second-order valence-corrected chi connectivity index (χ2v) is 6.96. The maximum atomic E-state index is 11.0. The number of benzene rings is 2. The van der Waals surface area contributed by atoms with E-state index in [1.807, 2.05) is 54.6 Å². The Morgan fingerprint density at radius 3 is 2.48 bits per heavy atom. The average molecular weight is 445 g/mol. The van der Waals surface area contributed by atoms with Gasteiger partial charge in [0.1, 0.15) is 12.2 Å². The van der Waals surface area contributed by atoms with E-state index < -0.39 is 17.6 Å². The number of halogens is 1. The molecule has 2 aromatic rings. The fourth-order valence-electron chi connectivity index (χ4n) is 2.49. The Kier molecular flexibility index (Phi) is 5.78. The Bertz CT molecular complexity index is 685. The Morgan fingerprint density at radius 2 is 1.78 bits per heavy atom. The van der Waals surface area contributed by atoms with E-state index in [9.17, 15) is 4.21 Å². The van der Waals surface area contributed by atoms with Crippen LogP contribution in [0.25, 0.3) is 0 Å². The van der Waals surface area contributed by atoms with Crippen molar-refractivity contribution in [3.63, 3.8) is 0 Å². The average Bonchev–Trinajstić information content (AvgIpc) is 2.98. The summed E-state index contributed by atoms with van der Waals surface area (Å²) in [6.07, 6.45) is -1.18. The van der Waals surface area contributed by atoms with Crippen LogP contribution in [0.2, 0.25) is 0 Å². The highest BCUT2D eigenvalue weighted by atomic mass is 127. The molecule has 3 rings (SSSR count). The third-order valence-corrected chi connectivity index (χ3v) is 4.89. The molecule has 0 radical (unpaired) electrons. The molecule has 122 valence electrons. The minimum Gasteiger partial charge on any atom is -0.340 e. The maximum absolute atomic E-state index is 11.0. The van der Waals surface area contributed by atoms with Crippen molar-refractivity contribution in [2.24, 2.45) is 5.14 Å². The van der Waals surface area contributed by atoms with E-state index in [4.69, 9.17) is 18.8 Å². The molecule has 1 heterocycles. The summed E-state index contributed by atoms with van der Waals surface area (Å²) >= 11 is 0.431. The van der Waals surface area contributed by atoms with Crippen LogP contribution in [-0.4, -0.2) is 16.9 Å². The molecule has 0 bridgehead atoms. The van der Waals surface area contributed by atoms with Crippen LogP contribution in [0.4, 0.5) is 0 Å². The van der Waals surface area contributed by atoms with Gasteiger partial charge in [-0.3, -0.25) is 4.18 Å². The number of hydrogen-bond acceptors (Lipinski definition) is 4. The predicted octanol–water partition coefficient (Wildman–Crippen LogP) is 3.00. The van der Waals surface area contributed by atoms with Gasteiger partial charge in [0.15, 0.2) is 6.29 Å². The van der Waals surface area contributed by atoms with Crippen molar-refractivity contribution in [3.05, 3.63) is 69.3 Å². The van der Waals surface area contributed by atoms with Gasteiger partial charge in [-0.1, -0.05) is 48.5 Å². The fraction of sp³-hybridized carbons (Fsp3) is 0.250. The van der Waals surface area contributed by atoms with Crippen molar-refractivity contribution in [1.29, 1.82) is 0 Å². The molecule has 1 fully saturated rings. The van der Waals surface area contributed by atoms with Crippen LogP contribution < -0.4 is 5.14 Å². The highest BCUT2D eigenvalue weighted by molar-refractivity contribution is 14.1. The number of hydrogen-bond donors (Lipinski definition) is 1. The second-order valence-electron chi connectivity index (χ2n) is 5.04. The normalized spacial score (nSPS) is 25.4. The summed E-state index contributed by atoms with van der Waals surface area (Å²) in [6.45, 7) is 0.0993. The highest BCUT2D eigenvalue weighted by Gasteiger charge is 2.39. The summed E-state index contributed by atoms with van der Waals surface area (Å²) in [7, 11) is 0. The monoisotopic (exact) mass is 445 g/mol. The maximum Gasteiger partial charge on any atom is 0.231 e. The minimum atomic E-state index is -1.83. The van der Waals surface area contributed by atoms with E-state index in [1.54, 1.807) is 0 Å². The van der Waals surface area contributed by atoms with Crippen LogP contribution in [0.1, 0.15) is 23.5 Å². The van der Waals surface area contributed by atoms with E-state index in [-0.39, 0.29) is 18.8 Å². The SMILES string of the molecule is NS(=O)OC[C@@H]1OC(c2ccccc2)O[C@H]1c1ccccc1I. The predicted molar refractivity (Wildman–Crippen MR) is 95.3 cm³/mol. The molecule has 1 saturated heterocycles. The molecule has 2 N–H and O–H groups in total. The number of ether oxygens (including phenoxy) is 2. The van der Waals surface area contributed by atoms with Gasteiger partial charge in [-0.25, -0.2) is 9.35 Å². The van der Waals surface area contributed by atoms with Gasteiger partial charge in [0, 0.05) is 9.13 Å². The van der Waals surface area contributed by atoms with Crippen molar-refractivity contribution in [3.8, 4) is 0 Å². The first kappa shape index (κ1) is 17.0. The Hall–Kier alpha value is -0.840. The van der Waals surface area contributed by atoms with Crippen molar-refractivity contribution in [2.45, 2.75) is 18.5 Å². The van der Waals surface area contributed by atoms with Crippen LogP contribution in [0, 0.1) is 3.57 Å². The molecule has 1 aliphatic rings. The molecular formula is C16H16INO4S. The van der Waals surface area contributed by atoms with Crippen LogP contribution in [0.5, 0.6) is 0 Å². The third-order valence-electron chi connectivity index (χ3n) is 3.54. The van der Waals surface area contributed by atoms with Crippen molar-refractivity contribution >= 4 is 33.9 Å². The zero-order valence-electron chi connectivity index (χ0n) is 12.1. The molecule has 0 amide bonds. The molecule has 2 aromatic carbocycles. The highest BCUT2D eigenvalue weighted by Crippen LogP contribution is 2.41. The summed E-state index contributed by atoms with van der Waals surface area (Å²) in [5.41, 5.74) is 1.95. The Balaban J connectivity index is 1.85. The van der Waals surface area contributed by atoms with Gasteiger partial charge in [-0.15, -0.1) is 0 Å². The Labute approximate surface area is 151 Å². The number of rotatable bonds is 5. The summed E-state index contributed by atoms with van der Waals surface area (Å²) in [4.78, 5) is 0. The largest absolute Gasteiger partial charge is 0.340 e. The molecular weight excluding hydrogens is 429 g/mol. The second kappa shape index (κ2) is 7.82. The first-order valence-corrected chi connectivity index (χ1v) is 9.26. The van der Waals surface area contributed by atoms with Gasteiger partial charge in [0.2, 0.25) is 11.3 Å². The van der Waals surface area contributed by atoms with Gasteiger partial charge in [0.25, 0.3) is 0 Å². The quantitative estimate of drug-likeness (QED) is 0.719. The molecule has 4 atom stereocenters. The lowest BCUT2D eigenvalue weighted by Gasteiger charge is -2.17. The molecule has 23 heavy (non-hydrogen) atoms. The minimum absolute atomic E-state index is 0.0993. The van der Waals surface area contributed by atoms with Crippen molar-refractivity contribution in [1.82, 2.24) is 0 Å². The fourth-order valence-corrected chi connectivity index (χ4v) is 3.45. The molecule has 0 aromatic heterocycles. The van der Waals surface area contributed by atoms with Crippen LogP contribution in [0.15, 0.2) is 54.6 Å². The topological polar surface area (TPSA) is 70.8 Å². The smallest absolute Gasteiger partial charge is 0.231 e. The van der Waals surface area contributed by atoms with Crippen molar-refractivity contribution < 1.29 is 17.9 Å². The summed E-state index contributed by atoms with van der Waals surface area (Å²) in [5.74, 6) is 0. The summed E-state index contributed by atoms with van der Waals surface area (Å²) in [6, 6.07) is 17.6. The van der Waals surface area contributed by atoms with Gasteiger partial charge in [0.05, 0.1) is 6.61 Å². The molecule has 0 aliphatic carbocycles. The molecule has 0 spiro atoms. The number of nitrogens with two attached hydrogens (primary N) is 1. The van der Waals surface area contributed by atoms with E-state index in [0.717, 1.165) is 14.7 Å². The van der Waals surface area contributed by atoms with Crippen LogP contribution in [0.3, 0.4) is 0 Å². The van der Waals surface area contributed by atoms with Crippen LogP contribution >= 0.6 is 22.6 Å². The zero-order valence-corrected chi connectivity index (χ0v) is 15.1. The van der Waals surface area contributed by atoms with E-state index in [1.165, 1.54) is 0 Å². The molecule has 5 nitrogen and oxygen atoms in total. The van der Waals surface area contributed by atoms with Gasteiger partial charge in [-0.05, 0) is 34.2 Å². The van der Waals surface area contributed by atoms with Gasteiger partial charge < -0.3 is 9.47 Å². The van der Waals surface area contributed by atoms with E-state index >= 15 is 0 Å². The first-order valence-electron chi connectivity index (χ1n) is 7.05. The van der Waals surface area contributed by atoms with Crippen molar-refractivity contribution in [2.75, 3.05) is 6.61 Å². The van der Waals surface area contributed by atoms with E-state index in [0.29, 0.717) is 0 Å². The molecule has 7 heteroatoms. The third kappa shape index (κ3) is 4.17. The van der Waals surface area contributed by atoms with E-state index in [2.05, 4.69) is 22.6 Å². The Morgan fingerprint density at radius 1 is 1.09 bits per heavy atom. The van der Waals surface area contributed by atoms with Crippen LogP contribution in [-0.2, 0) is 24.9 Å². The lowest BCUT2D eigenvalue weighted by molar-refractivity contribution is -0.0726. The zero-order chi connectivity index (χ0) is 16.2. The lowest BCUT2D eigenvalue weighted by Crippen LogP contribution is -2.24. The first-order chi connectivity index (χ1) is 11.1. The molecule has 0 saturated carbocycles. The molecule has 1 aliphatic heterocycles. The molecule has 2 unspecified atom stereocenters.